The molecule has 0 aliphatic heterocycles. The van der Waals surface area contributed by atoms with Gasteiger partial charge in [-0.25, -0.2) is 13.1 Å². The Balaban J connectivity index is 2.68. The summed E-state index contributed by atoms with van der Waals surface area (Å²) in [6, 6.07) is 4.69. The van der Waals surface area contributed by atoms with Crippen LogP contribution in [0.2, 0.25) is 0 Å². The molecule has 0 saturated carbocycles. The van der Waals surface area contributed by atoms with Crippen LogP contribution in [0.5, 0.6) is 0 Å². The SMILES string of the molecule is CCCNCCNS(=O)(=O)Cc1ccccc1C(F)(F)F. The Morgan fingerprint density at radius 3 is 2.38 bits per heavy atom. The third-order valence-electron chi connectivity index (χ3n) is 2.72. The largest absolute Gasteiger partial charge is 0.416 e. The summed E-state index contributed by atoms with van der Waals surface area (Å²) in [6.45, 7) is 3.33. The van der Waals surface area contributed by atoms with Gasteiger partial charge in [0, 0.05) is 13.1 Å². The molecular weight excluding hydrogens is 305 g/mol. The van der Waals surface area contributed by atoms with Gasteiger partial charge in [0.15, 0.2) is 0 Å². The molecule has 0 fully saturated rings. The van der Waals surface area contributed by atoms with Crippen molar-refractivity contribution in [2.45, 2.75) is 25.3 Å². The summed E-state index contributed by atoms with van der Waals surface area (Å²) in [5.74, 6) is -0.684. The Hall–Kier alpha value is -1.12. The van der Waals surface area contributed by atoms with Crippen molar-refractivity contribution in [3.63, 3.8) is 0 Å². The van der Waals surface area contributed by atoms with Gasteiger partial charge in [-0.15, -0.1) is 0 Å². The molecule has 0 aliphatic carbocycles. The number of halogens is 3. The van der Waals surface area contributed by atoms with E-state index in [2.05, 4.69) is 10.0 Å². The van der Waals surface area contributed by atoms with Gasteiger partial charge in [0.05, 0.1) is 11.3 Å². The topological polar surface area (TPSA) is 58.2 Å². The molecule has 0 heterocycles. The zero-order valence-electron chi connectivity index (χ0n) is 11.7. The predicted molar refractivity (Wildman–Crippen MR) is 75.2 cm³/mol. The fourth-order valence-corrected chi connectivity index (χ4v) is 2.95. The van der Waals surface area contributed by atoms with Crippen molar-refractivity contribution in [3.8, 4) is 0 Å². The number of alkyl halides is 3. The number of nitrogens with one attached hydrogen (secondary N) is 2. The van der Waals surface area contributed by atoms with Crippen LogP contribution in [-0.2, 0) is 22.0 Å². The summed E-state index contributed by atoms with van der Waals surface area (Å²) in [4.78, 5) is 0. The highest BCUT2D eigenvalue weighted by molar-refractivity contribution is 7.88. The van der Waals surface area contributed by atoms with Gasteiger partial charge in [0.25, 0.3) is 0 Å². The molecule has 0 bridgehead atoms. The summed E-state index contributed by atoms with van der Waals surface area (Å²) >= 11 is 0. The summed E-state index contributed by atoms with van der Waals surface area (Å²) in [5.41, 5.74) is -1.17. The average molecular weight is 324 g/mol. The molecule has 0 spiro atoms. The molecule has 0 atom stereocenters. The van der Waals surface area contributed by atoms with E-state index in [4.69, 9.17) is 0 Å². The summed E-state index contributed by atoms with van der Waals surface area (Å²) < 4.78 is 64.3. The van der Waals surface area contributed by atoms with Crippen LogP contribution in [0.4, 0.5) is 13.2 Å². The lowest BCUT2D eigenvalue weighted by Gasteiger charge is -2.13. The first-order valence-corrected chi connectivity index (χ1v) is 8.24. The van der Waals surface area contributed by atoms with Crippen LogP contribution in [0.15, 0.2) is 24.3 Å². The highest BCUT2D eigenvalue weighted by Crippen LogP contribution is 2.32. The first-order chi connectivity index (χ1) is 9.76. The van der Waals surface area contributed by atoms with E-state index in [9.17, 15) is 21.6 Å². The molecule has 1 aromatic rings. The van der Waals surface area contributed by atoms with Gasteiger partial charge < -0.3 is 5.32 Å². The van der Waals surface area contributed by atoms with Crippen LogP contribution in [0.3, 0.4) is 0 Å². The lowest BCUT2D eigenvalue weighted by molar-refractivity contribution is -0.138. The second-order valence-electron chi connectivity index (χ2n) is 4.56. The minimum Gasteiger partial charge on any atom is -0.315 e. The maximum atomic E-state index is 12.8. The summed E-state index contributed by atoms with van der Waals surface area (Å²) in [6.07, 6.45) is -3.64. The van der Waals surface area contributed by atoms with Gasteiger partial charge in [-0.1, -0.05) is 25.1 Å². The standard InChI is InChI=1S/C13H19F3N2O2S/c1-2-7-17-8-9-18-21(19,20)10-11-5-3-4-6-12(11)13(14,15)16/h3-6,17-18H,2,7-10H2,1H3. The van der Waals surface area contributed by atoms with E-state index >= 15 is 0 Å². The van der Waals surface area contributed by atoms with Crippen LogP contribution in [-0.4, -0.2) is 28.1 Å². The first-order valence-electron chi connectivity index (χ1n) is 6.59. The lowest BCUT2D eigenvalue weighted by atomic mass is 10.1. The average Bonchev–Trinajstić information content (AvgIpc) is 2.37. The van der Waals surface area contributed by atoms with Crippen LogP contribution in [0.25, 0.3) is 0 Å². The van der Waals surface area contributed by atoms with E-state index in [1.807, 2.05) is 6.92 Å². The highest BCUT2D eigenvalue weighted by Gasteiger charge is 2.33. The molecule has 0 amide bonds. The summed E-state index contributed by atoms with van der Waals surface area (Å²) in [5, 5.41) is 3.00. The van der Waals surface area contributed by atoms with Crippen molar-refractivity contribution in [2.24, 2.45) is 0 Å². The van der Waals surface area contributed by atoms with Crippen LogP contribution < -0.4 is 10.0 Å². The van der Waals surface area contributed by atoms with Gasteiger partial charge in [-0.05, 0) is 24.6 Å². The van der Waals surface area contributed by atoms with E-state index in [0.29, 0.717) is 6.54 Å². The summed E-state index contributed by atoms with van der Waals surface area (Å²) in [7, 11) is -3.79. The zero-order chi connectivity index (χ0) is 15.9. The fourth-order valence-electron chi connectivity index (χ4n) is 1.78. The zero-order valence-corrected chi connectivity index (χ0v) is 12.5. The molecule has 2 N–H and O–H groups in total. The Morgan fingerprint density at radius 1 is 1.10 bits per heavy atom. The molecule has 21 heavy (non-hydrogen) atoms. The van der Waals surface area contributed by atoms with E-state index in [1.54, 1.807) is 0 Å². The Morgan fingerprint density at radius 2 is 1.76 bits per heavy atom. The molecule has 0 radical (unpaired) electrons. The quantitative estimate of drug-likeness (QED) is 0.720. The Bertz CT molecular complexity index is 545. The van der Waals surface area contributed by atoms with Gasteiger partial charge in [0.1, 0.15) is 0 Å². The fraction of sp³-hybridized carbons (Fsp3) is 0.538. The van der Waals surface area contributed by atoms with Crippen molar-refractivity contribution in [1.82, 2.24) is 10.0 Å². The van der Waals surface area contributed by atoms with Crippen molar-refractivity contribution >= 4 is 10.0 Å². The Labute approximate surface area is 122 Å². The van der Waals surface area contributed by atoms with E-state index < -0.39 is 27.5 Å². The highest BCUT2D eigenvalue weighted by atomic mass is 32.2. The van der Waals surface area contributed by atoms with Gasteiger partial charge in [-0.2, -0.15) is 13.2 Å². The third kappa shape index (κ3) is 6.45. The predicted octanol–water partition coefficient (Wildman–Crippen LogP) is 2.12. The van der Waals surface area contributed by atoms with Gasteiger partial charge in [0.2, 0.25) is 10.0 Å². The second-order valence-corrected chi connectivity index (χ2v) is 6.37. The van der Waals surface area contributed by atoms with Crippen molar-refractivity contribution in [2.75, 3.05) is 19.6 Å². The molecular formula is C13H19F3N2O2S. The number of hydrogen-bond acceptors (Lipinski definition) is 3. The van der Waals surface area contributed by atoms with Gasteiger partial charge >= 0.3 is 6.18 Å². The molecule has 120 valence electrons. The van der Waals surface area contributed by atoms with E-state index in [0.717, 1.165) is 19.0 Å². The maximum Gasteiger partial charge on any atom is 0.416 e. The Kier molecular flexibility index (Phi) is 6.63. The molecule has 0 unspecified atom stereocenters. The molecule has 1 aromatic carbocycles. The second kappa shape index (κ2) is 7.77. The van der Waals surface area contributed by atoms with Crippen LogP contribution >= 0.6 is 0 Å². The number of sulfonamides is 1. The molecule has 0 aromatic heterocycles. The number of rotatable bonds is 8. The van der Waals surface area contributed by atoms with Crippen LogP contribution in [0.1, 0.15) is 24.5 Å². The van der Waals surface area contributed by atoms with Crippen LogP contribution in [0, 0.1) is 0 Å². The minimum atomic E-state index is -4.56. The molecule has 1 rings (SSSR count). The number of benzene rings is 1. The van der Waals surface area contributed by atoms with E-state index in [-0.39, 0.29) is 12.1 Å². The number of hydrogen-bond donors (Lipinski definition) is 2. The first kappa shape index (κ1) is 17.9. The van der Waals surface area contributed by atoms with Crippen molar-refractivity contribution < 1.29 is 21.6 Å². The molecule has 8 heteroatoms. The minimum absolute atomic E-state index is 0.149. The smallest absolute Gasteiger partial charge is 0.315 e. The van der Waals surface area contributed by atoms with E-state index in [1.165, 1.54) is 18.2 Å². The molecule has 4 nitrogen and oxygen atoms in total. The molecule has 0 aliphatic rings. The normalized spacial score (nSPS) is 12.6. The van der Waals surface area contributed by atoms with Crippen molar-refractivity contribution in [3.05, 3.63) is 35.4 Å². The lowest BCUT2D eigenvalue weighted by Crippen LogP contribution is -2.33. The third-order valence-corrected chi connectivity index (χ3v) is 4.05. The molecule has 0 saturated heterocycles. The maximum absolute atomic E-state index is 12.8. The van der Waals surface area contributed by atoms with Gasteiger partial charge in [-0.3, -0.25) is 0 Å². The van der Waals surface area contributed by atoms with Crippen molar-refractivity contribution in [1.29, 1.82) is 0 Å². The monoisotopic (exact) mass is 324 g/mol.